The Morgan fingerprint density at radius 3 is 2.76 bits per heavy atom. The van der Waals surface area contributed by atoms with Crippen LogP contribution in [0, 0.1) is 6.92 Å². The predicted octanol–water partition coefficient (Wildman–Crippen LogP) is 3.45. The third-order valence-corrected chi connectivity index (χ3v) is 3.71. The van der Waals surface area contributed by atoms with E-state index in [1.165, 1.54) is 24.3 Å². The van der Waals surface area contributed by atoms with Crippen LogP contribution in [0.4, 0.5) is 0 Å². The fraction of sp³-hybridized carbons (Fsp3) is 0.0588. The Labute approximate surface area is 145 Å². The number of hydrogen-bond acceptors (Lipinski definition) is 6. The number of aromatic nitrogens is 1. The Kier molecular flexibility index (Phi) is 4.24. The van der Waals surface area contributed by atoms with Gasteiger partial charge in [-0.2, -0.15) is 0 Å². The Morgan fingerprint density at radius 1 is 1.32 bits per heavy atom. The molecule has 0 saturated carbocycles. The molecule has 0 aliphatic heterocycles. The molecule has 2 heterocycles. The fourth-order valence-corrected chi connectivity index (χ4v) is 2.49. The summed E-state index contributed by atoms with van der Waals surface area (Å²) >= 11 is 5.78. The maximum atomic E-state index is 11.6. The van der Waals surface area contributed by atoms with Gasteiger partial charge in [0.2, 0.25) is 5.88 Å². The lowest BCUT2D eigenvalue weighted by atomic mass is 10.1. The van der Waals surface area contributed by atoms with Crippen molar-refractivity contribution in [3.05, 3.63) is 62.6 Å². The molecule has 1 aromatic carbocycles. The summed E-state index contributed by atoms with van der Waals surface area (Å²) < 4.78 is 10.6. The van der Waals surface area contributed by atoms with Crippen molar-refractivity contribution in [2.24, 2.45) is 0 Å². The number of aryl methyl sites for hydroxylation is 1. The third kappa shape index (κ3) is 3.09. The first kappa shape index (κ1) is 16.7. The lowest BCUT2D eigenvalue weighted by Crippen LogP contribution is -2.04. The Morgan fingerprint density at radius 2 is 2.08 bits per heavy atom. The summed E-state index contributed by atoms with van der Waals surface area (Å²) in [5.74, 6) is -1.55. The number of ether oxygens (including phenoxy) is 1. The van der Waals surface area contributed by atoms with Crippen LogP contribution in [-0.2, 0) is 0 Å². The molecule has 25 heavy (non-hydrogen) atoms. The van der Waals surface area contributed by atoms with Crippen LogP contribution in [-0.4, -0.2) is 22.3 Å². The summed E-state index contributed by atoms with van der Waals surface area (Å²) in [7, 11) is 0. The van der Waals surface area contributed by atoms with Crippen LogP contribution in [0.5, 0.6) is 11.6 Å². The number of carboxylic acid groups (broad SMARTS) is 1. The van der Waals surface area contributed by atoms with Crippen molar-refractivity contribution in [1.82, 2.24) is 4.98 Å². The number of rotatable bonds is 4. The molecule has 0 unspecified atom stereocenters. The van der Waals surface area contributed by atoms with Crippen LogP contribution in [0.25, 0.3) is 11.0 Å². The first-order valence-electron chi connectivity index (χ1n) is 7.01. The van der Waals surface area contributed by atoms with Gasteiger partial charge in [0.05, 0.1) is 0 Å². The van der Waals surface area contributed by atoms with Gasteiger partial charge >= 0.3 is 11.6 Å². The molecule has 2 aromatic heterocycles. The van der Waals surface area contributed by atoms with E-state index in [9.17, 15) is 19.5 Å². The molecular formula is C17H10ClNO6. The van der Waals surface area contributed by atoms with Crippen molar-refractivity contribution in [1.29, 1.82) is 0 Å². The van der Waals surface area contributed by atoms with Gasteiger partial charge in [-0.15, -0.1) is 0 Å². The van der Waals surface area contributed by atoms with Crippen molar-refractivity contribution in [2.45, 2.75) is 6.92 Å². The van der Waals surface area contributed by atoms with E-state index in [1.54, 1.807) is 13.0 Å². The van der Waals surface area contributed by atoms with E-state index < -0.39 is 11.6 Å². The summed E-state index contributed by atoms with van der Waals surface area (Å²) in [6.45, 7) is 1.70. The third-order valence-electron chi connectivity index (χ3n) is 3.50. The summed E-state index contributed by atoms with van der Waals surface area (Å²) in [5.41, 5.74) is -0.190. The van der Waals surface area contributed by atoms with Gasteiger partial charge in [-0.25, -0.2) is 14.6 Å². The van der Waals surface area contributed by atoms with Crippen LogP contribution in [0.1, 0.15) is 26.3 Å². The number of carboxylic acids is 1. The molecule has 126 valence electrons. The number of carbonyl (C=O) groups is 2. The average molecular weight is 360 g/mol. The zero-order valence-electron chi connectivity index (χ0n) is 12.8. The molecule has 0 atom stereocenters. The first-order valence-corrected chi connectivity index (χ1v) is 7.39. The quantitative estimate of drug-likeness (QED) is 0.432. The highest BCUT2D eigenvalue weighted by molar-refractivity contribution is 6.29. The largest absolute Gasteiger partial charge is 0.477 e. The van der Waals surface area contributed by atoms with Crippen LogP contribution in [0.2, 0.25) is 5.15 Å². The van der Waals surface area contributed by atoms with Gasteiger partial charge < -0.3 is 14.3 Å². The number of carbonyl (C=O) groups excluding carboxylic acids is 1. The molecule has 3 rings (SSSR count). The van der Waals surface area contributed by atoms with Crippen molar-refractivity contribution < 1.29 is 23.8 Å². The van der Waals surface area contributed by atoms with Gasteiger partial charge in [-0.1, -0.05) is 11.6 Å². The smallest absolute Gasteiger partial charge is 0.341 e. The second-order valence-corrected chi connectivity index (χ2v) is 5.50. The molecule has 3 aromatic rings. The van der Waals surface area contributed by atoms with Crippen LogP contribution in [0.3, 0.4) is 0 Å². The second kappa shape index (κ2) is 6.37. The van der Waals surface area contributed by atoms with Gasteiger partial charge in [0, 0.05) is 11.5 Å². The number of aldehydes is 1. The lowest BCUT2D eigenvalue weighted by molar-refractivity contribution is 0.0693. The predicted molar refractivity (Wildman–Crippen MR) is 88.9 cm³/mol. The van der Waals surface area contributed by atoms with Gasteiger partial charge in [0.25, 0.3) is 0 Å². The van der Waals surface area contributed by atoms with Gasteiger partial charge in [-0.3, -0.25) is 4.79 Å². The van der Waals surface area contributed by atoms with E-state index in [4.69, 9.17) is 20.8 Å². The number of hydrogen-bond donors (Lipinski definition) is 1. The molecule has 8 heteroatoms. The SMILES string of the molecule is Cc1cc(=O)oc2c(C=O)c(Oc3nc(Cl)ccc3C(=O)O)ccc12. The normalized spacial score (nSPS) is 10.6. The summed E-state index contributed by atoms with van der Waals surface area (Å²) in [6.07, 6.45) is 0.463. The highest BCUT2D eigenvalue weighted by atomic mass is 35.5. The van der Waals surface area contributed by atoms with E-state index in [2.05, 4.69) is 4.98 Å². The molecule has 0 fully saturated rings. The number of pyridine rings is 1. The number of aromatic carboxylic acids is 1. The van der Waals surface area contributed by atoms with E-state index in [-0.39, 0.29) is 33.5 Å². The van der Waals surface area contributed by atoms with Crippen molar-refractivity contribution in [3.8, 4) is 11.6 Å². The van der Waals surface area contributed by atoms with Gasteiger partial charge in [0.15, 0.2) is 11.9 Å². The summed E-state index contributed by atoms with van der Waals surface area (Å²) in [4.78, 5) is 38.3. The monoisotopic (exact) mass is 359 g/mol. The number of benzene rings is 1. The molecule has 0 amide bonds. The number of fused-ring (bicyclic) bond motifs is 1. The highest BCUT2D eigenvalue weighted by Crippen LogP contribution is 2.32. The Bertz CT molecular complexity index is 1070. The minimum absolute atomic E-state index is 0.00600. The zero-order chi connectivity index (χ0) is 18.1. The standard InChI is InChI=1S/C17H10ClNO6/c1-8-6-14(21)25-15-9(8)2-4-12(11(15)7-20)24-16-10(17(22)23)3-5-13(18)19-16/h2-7H,1H3,(H,22,23). The summed E-state index contributed by atoms with van der Waals surface area (Å²) in [6, 6.07) is 6.91. The maximum absolute atomic E-state index is 11.6. The zero-order valence-corrected chi connectivity index (χ0v) is 13.5. The van der Waals surface area contributed by atoms with Crippen molar-refractivity contribution in [2.75, 3.05) is 0 Å². The molecular weight excluding hydrogens is 350 g/mol. The van der Waals surface area contributed by atoms with Gasteiger partial charge in [0.1, 0.15) is 22.0 Å². The first-order chi connectivity index (χ1) is 11.9. The van der Waals surface area contributed by atoms with E-state index in [1.807, 2.05) is 0 Å². The lowest BCUT2D eigenvalue weighted by Gasteiger charge is -2.11. The van der Waals surface area contributed by atoms with E-state index >= 15 is 0 Å². The topological polar surface area (TPSA) is 107 Å². The maximum Gasteiger partial charge on any atom is 0.341 e. The van der Waals surface area contributed by atoms with E-state index in [0.717, 1.165) is 0 Å². The Hall–Kier alpha value is -3.19. The summed E-state index contributed by atoms with van der Waals surface area (Å²) in [5, 5.41) is 9.80. The average Bonchev–Trinajstić information content (AvgIpc) is 2.54. The van der Waals surface area contributed by atoms with Gasteiger partial charge in [-0.05, 0) is 36.8 Å². The Balaban J connectivity index is 2.21. The van der Waals surface area contributed by atoms with Crippen molar-refractivity contribution in [3.63, 3.8) is 0 Å². The van der Waals surface area contributed by atoms with Crippen LogP contribution < -0.4 is 10.4 Å². The molecule has 1 N–H and O–H groups in total. The molecule has 0 aliphatic rings. The minimum Gasteiger partial charge on any atom is -0.477 e. The highest BCUT2D eigenvalue weighted by Gasteiger charge is 2.18. The fourth-order valence-electron chi connectivity index (χ4n) is 2.35. The number of halogens is 1. The molecule has 0 spiro atoms. The van der Waals surface area contributed by atoms with Crippen LogP contribution in [0.15, 0.2) is 39.5 Å². The molecule has 0 saturated heterocycles. The molecule has 7 nitrogen and oxygen atoms in total. The number of nitrogens with zero attached hydrogens (tertiary/aromatic N) is 1. The second-order valence-electron chi connectivity index (χ2n) is 5.11. The van der Waals surface area contributed by atoms with Crippen LogP contribution >= 0.6 is 11.6 Å². The van der Waals surface area contributed by atoms with E-state index in [0.29, 0.717) is 17.2 Å². The van der Waals surface area contributed by atoms with Crippen molar-refractivity contribution >= 4 is 34.8 Å². The molecule has 0 aliphatic carbocycles. The molecule has 0 bridgehead atoms. The minimum atomic E-state index is -1.27. The molecule has 0 radical (unpaired) electrons.